The van der Waals surface area contributed by atoms with Gasteiger partial charge in [0.25, 0.3) is 5.69 Å². The van der Waals surface area contributed by atoms with Crippen molar-refractivity contribution in [3.05, 3.63) is 34.4 Å². The van der Waals surface area contributed by atoms with Crippen LogP contribution in [0, 0.1) is 16.0 Å². The third-order valence-electron chi connectivity index (χ3n) is 5.29. The Bertz CT molecular complexity index is 726. The molecule has 0 saturated carbocycles. The summed E-state index contributed by atoms with van der Waals surface area (Å²) in [5.74, 6) is 0.0934. The van der Waals surface area contributed by atoms with Crippen molar-refractivity contribution < 1.29 is 14.5 Å². The molecular weight excluding hydrogens is 398 g/mol. The van der Waals surface area contributed by atoms with Crippen molar-refractivity contribution in [3.63, 3.8) is 0 Å². The molecule has 2 heterocycles. The summed E-state index contributed by atoms with van der Waals surface area (Å²) in [4.78, 5) is 37.1. The first kappa shape index (κ1) is 23.1. The number of nitro benzene ring substituents is 1. The van der Waals surface area contributed by atoms with E-state index in [0.29, 0.717) is 12.5 Å². The molecule has 2 atom stereocenters. The molecule has 0 bridgehead atoms. The molecule has 160 valence electrons. The summed E-state index contributed by atoms with van der Waals surface area (Å²) < 4.78 is 0. The molecule has 3 N–H and O–H groups in total. The molecule has 1 aromatic carbocycles. The minimum absolute atomic E-state index is 0. The fourth-order valence-corrected chi connectivity index (χ4v) is 3.87. The monoisotopic (exact) mass is 425 g/mol. The van der Waals surface area contributed by atoms with Crippen molar-refractivity contribution in [1.82, 2.24) is 15.5 Å². The van der Waals surface area contributed by atoms with E-state index in [1.165, 1.54) is 12.1 Å². The molecule has 2 fully saturated rings. The molecule has 0 radical (unpaired) electrons. The average molecular weight is 426 g/mol. The molecule has 3 rings (SSSR count). The van der Waals surface area contributed by atoms with Crippen LogP contribution in [0.2, 0.25) is 0 Å². The highest BCUT2D eigenvalue weighted by Gasteiger charge is 2.25. The van der Waals surface area contributed by atoms with Crippen LogP contribution in [0.1, 0.15) is 25.7 Å². The van der Waals surface area contributed by atoms with Gasteiger partial charge in [0.2, 0.25) is 11.8 Å². The van der Waals surface area contributed by atoms with Crippen LogP contribution in [0.15, 0.2) is 24.3 Å². The molecule has 0 aliphatic carbocycles. The van der Waals surface area contributed by atoms with Crippen LogP contribution in [-0.4, -0.2) is 60.4 Å². The number of likely N-dealkylation sites (tertiary alicyclic amines) is 1. The van der Waals surface area contributed by atoms with Crippen LogP contribution in [0.3, 0.4) is 0 Å². The third-order valence-corrected chi connectivity index (χ3v) is 5.29. The minimum Gasteiger partial charge on any atom is -0.354 e. The Morgan fingerprint density at radius 3 is 2.76 bits per heavy atom. The lowest BCUT2D eigenvalue weighted by Crippen LogP contribution is -2.46. The molecule has 2 amide bonds. The lowest BCUT2D eigenvalue weighted by Gasteiger charge is -2.32. The molecule has 10 heteroatoms. The maximum absolute atomic E-state index is 12.3. The van der Waals surface area contributed by atoms with Crippen LogP contribution in [-0.2, 0) is 9.59 Å². The number of amides is 2. The molecule has 2 aliphatic rings. The van der Waals surface area contributed by atoms with E-state index in [9.17, 15) is 19.7 Å². The summed E-state index contributed by atoms with van der Waals surface area (Å²) in [7, 11) is 0. The van der Waals surface area contributed by atoms with E-state index in [1.54, 1.807) is 12.1 Å². The normalized spacial score (nSPS) is 21.8. The van der Waals surface area contributed by atoms with E-state index >= 15 is 0 Å². The highest BCUT2D eigenvalue weighted by molar-refractivity contribution is 5.94. The molecule has 9 nitrogen and oxygen atoms in total. The number of hydrogen-bond acceptors (Lipinski definition) is 6. The van der Waals surface area contributed by atoms with Gasteiger partial charge in [0.1, 0.15) is 5.69 Å². The second kappa shape index (κ2) is 11.1. The van der Waals surface area contributed by atoms with Crippen molar-refractivity contribution >= 4 is 35.6 Å². The maximum atomic E-state index is 12.3. The quantitative estimate of drug-likeness (QED) is 0.450. The first-order valence-corrected chi connectivity index (χ1v) is 9.79. The molecule has 2 unspecified atom stereocenters. The molecule has 2 aliphatic heterocycles. The number of para-hydroxylation sites is 2. The third kappa shape index (κ3) is 6.66. The van der Waals surface area contributed by atoms with Crippen molar-refractivity contribution in [2.45, 2.75) is 31.7 Å². The summed E-state index contributed by atoms with van der Waals surface area (Å²) in [6, 6.07) is 6.04. The van der Waals surface area contributed by atoms with Gasteiger partial charge in [-0.2, -0.15) is 0 Å². The van der Waals surface area contributed by atoms with Gasteiger partial charge in [-0.3, -0.25) is 24.6 Å². The number of rotatable bonds is 7. The van der Waals surface area contributed by atoms with Gasteiger partial charge < -0.3 is 16.0 Å². The summed E-state index contributed by atoms with van der Waals surface area (Å²) in [6.45, 7) is 3.21. The molecule has 0 aromatic heterocycles. The van der Waals surface area contributed by atoms with Gasteiger partial charge in [-0.15, -0.1) is 12.4 Å². The number of nitrogens with one attached hydrogen (secondary N) is 3. The average Bonchev–Trinajstić information content (AvgIpc) is 3.21. The largest absolute Gasteiger partial charge is 0.354 e. The molecular formula is C19H28ClN5O4. The fraction of sp³-hybridized carbons (Fsp3) is 0.579. The zero-order valence-corrected chi connectivity index (χ0v) is 17.1. The van der Waals surface area contributed by atoms with Crippen molar-refractivity contribution in [2.24, 2.45) is 5.92 Å². The van der Waals surface area contributed by atoms with Crippen molar-refractivity contribution in [2.75, 3.05) is 38.0 Å². The zero-order valence-electron chi connectivity index (χ0n) is 16.3. The van der Waals surface area contributed by atoms with Crippen LogP contribution < -0.4 is 16.0 Å². The topological polar surface area (TPSA) is 117 Å². The van der Waals surface area contributed by atoms with Crippen molar-refractivity contribution in [3.8, 4) is 0 Å². The summed E-state index contributed by atoms with van der Waals surface area (Å²) in [5.41, 5.74) is 0.0954. The van der Waals surface area contributed by atoms with Gasteiger partial charge in [-0.1, -0.05) is 12.1 Å². The number of carbonyl (C=O) groups excluding carboxylic acids is 2. The van der Waals surface area contributed by atoms with Gasteiger partial charge in [0, 0.05) is 19.2 Å². The summed E-state index contributed by atoms with van der Waals surface area (Å²) in [5, 5.41) is 19.9. The molecule has 1 aromatic rings. The number of nitrogens with zero attached hydrogens (tertiary/aromatic N) is 2. The first-order valence-electron chi connectivity index (χ1n) is 9.79. The predicted molar refractivity (Wildman–Crippen MR) is 112 cm³/mol. The zero-order chi connectivity index (χ0) is 19.9. The van der Waals surface area contributed by atoms with E-state index in [2.05, 4.69) is 16.0 Å². The molecule has 0 spiro atoms. The second-order valence-electron chi connectivity index (χ2n) is 7.46. The van der Waals surface area contributed by atoms with Gasteiger partial charge in [0.05, 0.1) is 17.5 Å². The van der Waals surface area contributed by atoms with Crippen LogP contribution >= 0.6 is 12.4 Å². The van der Waals surface area contributed by atoms with Crippen LogP contribution in [0.5, 0.6) is 0 Å². The Morgan fingerprint density at radius 2 is 2.03 bits per heavy atom. The standard InChI is InChI=1S/C19H27N5O4.ClH/c25-18(22-15-6-1-2-8-17(15)24(27)28)13-23-10-4-5-14(12-23)11-21-19(26)16-7-3-9-20-16;/h1-2,6,8,14,16,20H,3-5,7,9-13H2,(H,21,26)(H,22,25);1H. The summed E-state index contributed by atoms with van der Waals surface area (Å²) >= 11 is 0. The minimum atomic E-state index is -0.506. The van der Waals surface area contributed by atoms with Crippen LogP contribution in [0.4, 0.5) is 11.4 Å². The maximum Gasteiger partial charge on any atom is 0.292 e. The fourth-order valence-electron chi connectivity index (χ4n) is 3.87. The first-order chi connectivity index (χ1) is 13.5. The lowest BCUT2D eigenvalue weighted by molar-refractivity contribution is -0.383. The Kier molecular flexibility index (Phi) is 8.81. The summed E-state index contributed by atoms with van der Waals surface area (Å²) in [6.07, 6.45) is 3.89. The van der Waals surface area contributed by atoms with Crippen molar-refractivity contribution in [1.29, 1.82) is 0 Å². The number of halogens is 1. The number of piperidine rings is 1. The van der Waals surface area contributed by atoms with E-state index < -0.39 is 4.92 Å². The number of anilines is 1. The number of carbonyl (C=O) groups is 2. The van der Waals surface area contributed by atoms with E-state index in [0.717, 1.165) is 45.3 Å². The SMILES string of the molecule is Cl.O=C(CN1CCCC(CNC(=O)C2CCCN2)C1)Nc1ccccc1[N+](=O)[O-]. The smallest absolute Gasteiger partial charge is 0.292 e. The van der Waals surface area contributed by atoms with Gasteiger partial charge in [-0.05, 0) is 50.8 Å². The Balaban J connectivity index is 0.00000300. The number of hydrogen-bond donors (Lipinski definition) is 3. The Hall–Kier alpha value is -2.23. The van der Waals surface area contributed by atoms with Crippen LogP contribution in [0.25, 0.3) is 0 Å². The van der Waals surface area contributed by atoms with E-state index in [-0.39, 0.29) is 48.2 Å². The van der Waals surface area contributed by atoms with Gasteiger partial charge >= 0.3 is 0 Å². The Labute approximate surface area is 176 Å². The van der Waals surface area contributed by atoms with Gasteiger partial charge in [-0.25, -0.2) is 0 Å². The number of nitro groups is 1. The van der Waals surface area contributed by atoms with E-state index in [1.807, 2.05) is 4.90 Å². The number of benzene rings is 1. The molecule has 2 saturated heterocycles. The highest BCUT2D eigenvalue weighted by Crippen LogP contribution is 2.23. The molecule has 29 heavy (non-hydrogen) atoms. The predicted octanol–water partition coefficient (Wildman–Crippen LogP) is 1.54. The lowest BCUT2D eigenvalue weighted by atomic mass is 9.98. The second-order valence-corrected chi connectivity index (χ2v) is 7.46. The Morgan fingerprint density at radius 1 is 1.24 bits per heavy atom. The van der Waals surface area contributed by atoms with E-state index in [4.69, 9.17) is 0 Å². The highest BCUT2D eigenvalue weighted by atomic mass is 35.5. The van der Waals surface area contributed by atoms with Gasteiger partial charge in [0.15, 0.2) is 0 Å².